The molecule has 32 heavy (non-hydrogen) atoms. The van der Waals surface area contributed by atoms with Crippen LogP contribution >= 0.6 is 0 Å². The van der Waals surface area contributed by atoms with Gasteiger partial charge in [0, 0.05) is 0 Å². The van der Waals surface area contributed by atoms with Crippen molar-refractivity contribution in [3.8, 4) is 6.07 Å². The Morgan fingerprint density at radius 1 is 1.03 bits per heavy atom. The quantitative estimate of drug-likeness (QED) is 0.586. The van der Waals surface area contributed by atoms with Gasteiger partial charge >= 0.3 is 12.1 Å². The van der Waals surface area contributed by atoms with Gasteiger partial charge in [-0.05, 0) is 37.5 Å². The van der Waals surface area contributed by atoms with Crippen molar-refractivity contribution in [2.75, 3.05) is 6.54 Å². The fraction of sp³-hybridized carbons (Fsp3) is 0.429. The largest absolute Gasteiger partial charge is 0.344 e. The zero-order valence-electron chi connectivity index (χ0n) is 17.4. The standard InChI is InChI=1S/C21H22N6O5/c1-20(14-7-5-13(11-22)6-8-14)16(29)26(18(31)23-20)12-15(28)25-27-17(30)21(24-19(27)32)9-3-2-4-10-21/h5-8H,2-4,9-10,12H2,1H3,(H,23,31)(H,24,32)(H,25,28). The normalized spacial score (nSPS) is 24.4. The molecule has 3 fully saturated rings. The van der Waals surface area contributed by atoms with E-state index in [9.17, 15) is 24.0 Å². The Kier molecular flexibility index (Phi) is 5.08. The van der Waals surface area contributed by atoms with Gasteiger partial charge < -0.3 is 10.6 Å². The highest BCUT2D eigenvalue weighted by atomic mass is 16.2. The molecule has 1 spiro atoms. The van der Waals surface area contributed by atoms with Crippen LogP contribution in [0.4, 0.5) is 9.59 Å². The topological polar surface area (TPSA) is 152 Å². The van der Waals surface area contributed by atoms with Crippen molar-refractivity contribution in [2.24, 2.45) is 0 Å². The summed E-state index contributed by atoms with van der Waals surface area (Å²) < 4.78 is 0. The van der Waals surface area contributed by atoms with Crippen LogP contribution in [-0.2, 0) is 19.9 Å². The first kappa shape index (κ1) is 21.3. The monoisotopic (exact) mass is 438 g/mol. The molecule has 2 saturated heterocycles. The van der Waals surface area contributed by atoms with E-state index in [1.807, 2.05) is 6.07 Å². The van der Waals surface area contributed by atoms with E-state index < -0.39 is 47.4 Å². The number of nitrogens with one attached hydrogen (secondary N) is 3. The summed E-state index contributed by atoms with van der Waals surface area (Å²) in [5.74, 6) is -2.05. The first-order valence-electron chi connectivity index (χ1n) is 10.3. The molecule has 0 bridgehead atoms. The molecule has 0 aromatic heterocycles. The molecule has 4 rings (SSSR count). The van der Waals surface area contributed by atoms with Gasteiger partial charge in [-0.2, -0.15) is 10.3 Å². The highest BCUT2D eigenvalue weighted by Gasteiger charge is 2.53. The Balaban J connectivity index is 1.45. The number of urea groups is 2. The van der Waals surface area contributed by atoms with Crippen molar-refractivity contribution in [2.45, 2.75) is 50.1 Å². The number of nitriles is 1. The molecule has 1 saturated carbocycles. The molecule has 11 heteroatoms. The Morgan fingerprint density at radius 2 is 1.69 bits per heavy atom. The number of carbonyl (C=O) groups is 5. The van der Waals surface area contributed by atoms with Gasteiger partial charge in [0.05, 0.1) is 11.6 Å². The maximum Gasteiger partial charge on any atom is 0.344 e. The zero-order chi connectivity index (χ0) is 23.1. The molecule has 1 atom stereocenters. The molecule has 1 aromatic carbocycles. The van der Waals surface area contributed by atoms with E-state index in [0.717, 1.165) is 24.2 Å². The third-order valence-electron chi connectivity index (χ3n) is 6.27. The number of rotatable bonds is 4. The molecule has 1 aliphatic carbocycles. The lowest BCUT2D eigenvalue weighted by atomic mass is 9.82. The third-order valence-corrected chi connectivity index (χ3v) is 6.27. The summed E-state index contributed by atoms with van der Waals surface area (Å²) in [4.78, 5) is 63.8. The lowest BCUT2D eigenvalue weighted by Crippen LogP contribution is -2.53. The summed E-state index contributed by atoms with van der Waals surface area (Å²) >= 11 is 0. The number of hydrogen-bond acceptors (Lipinski definition) is 6. The van der Waals surface area contributed by atoms with Crippen LogP contribution in [0, 0.1) is 11.3 Å². The number of carbonyl (C=O) groups excluding carboxylic acids is 5. The molecule has 11 nitrogen and oxygen atoms in total. The first-order valence-corrected chi connectivity index (χ1v) is 10.3. The van der Waals surface area contributed by atoms with Gasteiger partial charge in [0.1, 0.15) is 17.6 Å². The molecule has 1 unspecified atom stereocenters. The molecule has 2 heterocycles. The van der Waals surface area contributed by atoms with Crippen LogP contribution in [0.2, 0.25) is 0 Å². The van der Waals surface area contributed by atoms with Crippen molar-refractivity contribution in [1.82, 2.24) is 26.0 Å². The van der Waals surface area contributed by atoms with Crippen LogP contribution in [0.25, 0.3) is 0 Å². The van der Waals surface area contributed by atoms with E-state index in [1.54, 1.807) is 12.1 Å². The fourth-order valence-corrected chi connectivity index (χ4v) is 4.43. The smallest absolute Gasteiger partial charge is 0.322 e. The van der Waals surface area contributed by atoms with E-state index >= 15 is 0 Å². The van der Waals surface area contributed by atoms with E-state index in [4.69, 9.17) is 5.26 Å². The molecule has 3 N–H and O–H groups in total. The van der Waals surface area contributed by atoms with E-state index in [0.29, 0.717) is 29.0 Å². The minimum atomic E-state index is -1.42. The van der Waals surface area contributed by atoms with Gasteiger partial charge in [-0.25, -0.2) is 9.59 Å². The van der Waals surface area contributed by atoms with Crippen molar-refractivity contribution in [3.63, 3.8) is 0 Å². The van der Waals surface area contributed by atoms with Crippen molar-refractivity contribution < 1.29 is 24.0 Å². The van der Waals surface area contributed by atoms with Crippen LogP contribution in [0.5, 0.6) is 0 Å². The summed E-state index contributed by atoms with van der Waals surface area (Å²) in [6.45, 7) is 0.831. The van der Waals surface area contributed by atoms with Crippen molar-refractivity contribution >= 4 is 29.8 Å². The molecule has 0 radical (unpaired) electrons. The van der Waals surface area contributed by atoms with Gasteiger partial charge in [-0.1, -0.05) is 31.4 Å². The van der Waals surface area contributed by atoms with E-state index in [2.05, 4.69) is 16.1 Å². The molecule has 166 valence electrons. The molecule has 3 aliphatic rings. The van der Waals surface area contributed by atoms with Gasteiger partial charge in [0.15, 0.2) is 0 Å². The second kappa shape index (κ2) is 7.64. The molecular formula is C21H22N6O5. The van der Waals surface area contributed by atoms with Crippen molar-refractivity contribution in [3.05, 3.63) is 35.4 Å². The predicted octanol–water partition coefficient (Wildman–Crippen LogP) is 0.611. The van der Waals surface area contributed by atoms with E-state index in [-0.39, 0.29) is 0 Å². The highest BCUT2D eigenvalue weighted by molar-refractivity contribution is 6.10. The average Bonchev–Trinajstić information content (AvgIpc) is 3.14. The third kappa shape index (κ3) is 3.33. The minimum absolute atomic E-state index is 0.398. The second-order valence-corrected chi connectivity index (χ2v) is 8.38. The summed E-state index contributed by atoms with van der Waals surface area (Å²) in [6, 6.07) is 6.61. The maximum atomic E-state index is 13.0. The Morgan fingerprint density at radius 3 is 2.31 bits per heavy atom. The average molecular weight is 438 g/mol. The molecule has 7 amide bonds. The van der Waals surface area contributed by atoms with E-state index in [1.165, 1.54) is 19.1 Å². The lowest BCUT2D eigenvalue weighted by molar-refractivity contribution is -0.141. The maximum absolute atomic E-state index is 13.0. The molecule has 2 aliphatic heterocycles. The Hall–Kier alpha value is -3.94. The predicted molar refractivity (Wildman–Crippen MR) is 108 cm³/mol. The second-order valence-electron chi connectivity index (χ2n) is 8.38. The lowest BCUT2D eigenvalue weighted by Gasteiger charge is -2.30. The first-order chi connectivity index (χ1) is 15.2. The number of imide groups is 2. The van der Waals surface area contributed by atoms with Crippen LogP contribution in [-0.4, -0.2) is 51.8 Å². The summed E-state index contributed by atoms with van der Waals surface area (Å²) in [7, 11) is 0. The van der Waals surface area contributed by atoms with Crippen LogP contribution < -0.4 is 16.1 Å². The Labute approximate surface area is 183 Å². The summed E-state index contributed by atoms with van der Waals surface area (Å²) in [6.07, 6.45) is 3.57. The van der Waals surface area contributed by atoms with Gasteiger partial charge in [-0.15, -0.1) is 0 Å². The van der Waals surface area contributed by atoms with Gasteiger partial charge in [0.25, 0.3) is 17.7 Å². The summed E-state index contributed by atoms with van der Waals surface area (Å²) in [5, 5.41) is 14.8. The SMILES string of the molecule is CC1(c2ccc(C#N)cc2)NC(=O)N(CC(=O)NN2C(=O)NC3(CCCCC3)C2=O)C1=O. The zero-order valence-corrected chi connectivity index (χ0v) is 17.4. The minimum Gasteiger partial charge on any atom is -0.322 e. The number of hydrogen-bond donors (Lipinski definition) is 3. The van der Waals surface area contributed by atoms with Gasteiger partial charge in [-0.3, -0.25) is 24.7 Å². The number of benzene rings is 1. The van der Waals surface area contributed by atoms with Crippen LogP contribution in [0.1, 0.15) is 50.2 Å². The van der Waals surface area contributed by atoms with Crippen LogP contribution in [0.15, 0.2) is 24.3 Å². The number of nitrogens with zero attached hydrogens (tertiary/aromatic N) is 3. The Bertz CT molecular complexity index is 1060. The highest BCUT2D eigenvalue weighted by Crippen LogP contribution is 2.33. The van der Waals surface area contributed by atoms with Gasteiger partial charge in [0.2, 0.25) is 0 Å². The molecule has 1 aromatic rings. The fourth-order valence-electron chi connectivity index (χ4n) is 4.43. The summed E-state index contributed by atoms with van der Waals surface area (Å²) in [5.41, 5.74) is 0.650. The molecular weight excluding hydrogens is 416 g/mol. The van der Waals surface area contributed by atoms with Crippen molar-refractivity contribution in [1.29, 1.82) is 5.26 Å². The van der Waals surface area contributed by atoms with Crippen LogP contribution in [0.3, 0.4) is 0 Å². The number of hydrazine groups is 1. The number of amides is 7.